The van der Waals surface area contributed by atoms with Gasteiger partial charge >= 0.3 is 0 Å². The van der Waals surface area contributed by atoms with Gasteiger partial charge in [-0.3, -0.25) is 14.2 Å². The minimum atomic E-state index is -0.557. The number of nitrogen functional groups attached to an aromatic ring is 1. The van der Waals surface area contributed by atoms with Gasteiger partial charge in [0.25, 0.3) is 11.5 Å². The van der Waals surface area contributed by atoms with Gasteiger partial charge in [0, 0.05) is 5.69 Å². The summed E-state index contributed by atoms with van der Waals surface area (Å²) in [5.74, 6) is -0.484. The number of rotatable bonds is 4. The highest BCUT2D eigenvalue weighted by atomic mass is 79.9. The topological polar surface area (TPSA) is 103 Å². The Kier molecular flexibility index (Phi) is 5.99. The van der Waals surface area contributed by atoms with Gasteiger partial charge in [-0.1, -0.05) is 41.9 Å². The van der Waals surface area contributed by atoms with Crippen molar-refractivity contribution in [3.8, 4) is 5.69 Å². The van der Waals surface area contributed by atoms with Gasteiger partial charge in [-0.15, -0.1) is 0 Å². The van der Waals surface area contributed by atoms with Crippen molar-refractivity contribution in [1.29, 1.82) is 0 Å². The molecular weight excluding hydrogens is 494 g/mol. The first-order valence-electron chi connectivity index (χ1n) is 9.77. The van der Waals surface area contributed by atoms with Crippen LogP contribution in [0.4, 0.5) is 5.82 Å². The number of amides is 1. The van der Waals surface area contributed by atoms with Gasteiger partial charge in [-0.05, 0) is 58.9 Å². The maximum atomic E-state index is 13.6. The van der Waals surface area contributed by atoms with E-state index in [1.807, 2.05) is 43.3 Å². The number of nitrogens with two attached hydrogens (primary N) is 1. The first-order chi connectivity index (χ1) is 15.3. The van der Waals surface area contributed by atoms with E-state index in [-0.39, 0.29) is 17.1 Å². The van der Waals surface area contributed by atoms with Crippen LogP contribution in [-0.2, 0) is 0 Å². The van der Waals surface area contributed by atoms with Crippen molar-refractivity contribution in [3.05, 3.63) is 91.7 Å². The lowest BCUT2D eigenvalue weighted by Gasteiger charge is -2.24. The summed E-state index contributed by atoms with van der Waals surface area (Å²) in [6.45, 7) is 3.71. The summed E-state index contributed by atoms with van der Waals surface area (Å²) in [6, 6.07) is 14.0. The van der Waals surface area contributed by atoms with Crippen molar-refractivity contribution in [3.63, 3.8) is 0 Å². The number of pyridine rings is 1. The van der Waals surface area contributed by atoms with E-state index in [0.29, 0.717) is 26.4 Å². The van der Waals surface area contributed by atoms with Crippen molar-refractivity contribution in [1.82, 2.24) is 19.9 Å². The Hall–Kier alpha value is -3.23. The van der Waals surface area contributed by atoms with Crippen LogP contribution in [0, 0.1) is 6.92 Å². The van der Waals surface area contributed by atoms with Crippen LogP contribution in [0.5, 0.6) is 0 Å². The fourth-order valence-electron chi connectivity index (χ4n) is 3.81. The third-order valence-electron chi connectivity index (χ3n) is 5.22. The van der Waals surface area contributed by atoms with E-state index in [4.69, 9.17) is 17.3 Å². The van der Waals surface area contributed by atoms with Crippen LogP contribution in [0.25, 0.3) is 16.5 Å². The number of halogens is 2. The van der Waals surface area contributed by atoms with E-state index < -0.39 is 11.9 Å². The maximum Gasteiger partial charge on any atom is 0.274 e. The quantitative estimate of drug-likeness (QED) is 0.417. The standard InChI is InChI=1S/C23H19BrClN5O2/c1-12-15-9-6-10-16(25)18(15)23(32)30(14-7-4-3-5-8-14)20(12)13(2)28-22(31)19-21(26)27-11-17(24)29-19/h3-11,13H,1-2H3,(H2,26,27)(H,28,31)/t13-/m0/s1. The van der Waals surface area contributed by atoms with E-state index in [2.05, 4.69) is 31.2 Å². The number of aryl methyl sites for hydroxylation is 1. The number of carbonyl (C=O) groups is 1. The molecule has 0 aliphatic heterocycles. The van der Waals surface area contributed by atoms with Crippen molar-refractivity contribution < 1.29 is 4.79 Å². The first kappa shape index (κ1) is 22.0. The first-order valence-corrected chi connectivity index (χ1v) is 10.9. The Balaban J connectivity index is 1.91. The lowest BCUT2D eigenvalue weighted by molar-refractivity contribution is 0.0934. The number of benzene rings is 2. The Morgan fingerprint density at radius 1 is 1.19 bits per heavy atom. The number of para-hydroxylation sites is 1. The summed E-state index contributed by atoms with van der Waals surface area (Å²) >= 11 is 9.61. The Morgan fingerprint density at radius 3 is 2.62 bits per heavy atom. The summed E-state index contributed by atoms with van der Waals surface area (Å²) in [7, 11) is 0. The largest absolute Gasteiger partial charge is 0.382 e. The van der Waals surface area contributed by atoms with Crippen LogP contribution in [0.3, 0.4) is 0 Å². The predicted molar refractivity (Wildman–Crippen MR) is 129 cm³/mol. The van der Waals surface area contributed by atoms with Gasteiger partial charge in [0.2, 0.25) is 0 Å². The Morgan fingerprint density at radius 2 is 1.91 bits per heavy atom. The molecule has 4 aromatic rings. The SMILES string of the molecule is Cc1c([C@H](C)NC(=O)c2nc(Br)cnc2N)n(-c2ccccc2)c(=O)c2c(Cl)cccc12. The molecule has 0 radical (unpaired) electrons. The van der Waals surface area contributed by atoms with Crippen molar-refractivity contribution >= 4 is 50.0 Å². The highest BCUT2D eigenvalue weighted by molar-refractivity contribution is 9.10. The summed E-state index contributed by atoms with van der Waals surface area (Å²) in [6.07, 6.45) is 1.42. The number of hydrogen-bond acceptors (Lipinski definition) is 5. The smallest absolute Gasteiger partial charge is 0.274 e. The van der Waals surface area contributed by atoms with Crippen LogP contribution in [0.1, 0.15) is 34.7 Å². The van der Waals surface area contributed by atoms with Gasteiger partial charge in [-0.2, -0.15) is 0 Å². The normalized spacial score (nSPS) is 12.0. The van der Waals surface area contributed by atoms with Gasteiger partial charge in [0.05, 0.1) is 28.3 Å². The number of nitrogens with zero attached hydrogens (tertiary/aromatic N) is 3. The third kappa shape index (κ3) is 3.87. The molecule has 3 N–H and O–H groups in total. The minimum absolute atomic E-state index is 0.00122. The molecule has 0 aliphatic rings. The zero-order valence-electron chi connectivity index (χ0n) is 17.3. The predicted octanol–water partition coefficient (Wildman–Crippen LogP) is 4.58. The molecule has 7 nitrogen and oxygen atoms in total. The molecule has 0 aliphatic carbocycles. The fraction of sp³-hybridized carbons (Fsp3) is 0.130. The maximum absolute atomic E-state index is 13.6. The molecule has 9 heteroatoms. The molecular formula is C23H19BrClN5O2. The monoisotopic (exact) mass is 511 g/mol. The van der Waals surface area contributed by atoms with Crippen LogP contribution >= 0.6 is 27.5 Å². The number of hydrogen-bond donors (Lipinski definition) is 2. The number of aromatic nitrogens is 3. The van der Waals surface area contributed by atoms with E-state index >= 15 is 0 Å². The fourth-order valence-corrected chi connectivity index (χ4v) is 4.35. The lowest BCUT2D eigenvalue weighted by Crippen LogP contribution is -2.34. The van der Waals surface area contributed by atoms with Gasteiger partial charge < -0.3 is 11.1 Å². The van der Waals surface area contributed by atoms with Crippen LogP contribution < -0.4 is 16.6 Å². The molecule has 1 atom stereocenters. The van der Waals surface area contributed by atoms with Crippen LogP contribution in [0.2, 0.25) is 5.02 Å². The second-order valence-electron chi connectivity index (χ2n) is 7.27. The minimum Gasteiger partial charge on any atom is -0.382 e. The number of fused-ring (bicyclic) bond motifs is 1. The molecule has 0 saturated carbocycles. The molecule has 1 amide bonds. The van der Waals surface area contributed by atoms with E-state index in [1.54, 1.807) is 23.6 Å². The second-order valence-corrected chi connectivity index (χ2v) is 8.49. The summed E-state index contributed by atoms with van der Waals surface area (Å²) in [5.41, 5.74) is 7.71. The molecule has 2 aromatic carbocycles. The van der Waals surface area contributed by atoms with Gasteiger partial charge in [-0.25, -0.2) is 9.97 Å². The highest BCUT2D eigenvalue weighted by Gasteiger charge is 2.24. The third-order valence-corrected chi connectivity index (χ3v) is 5.92. The highest BCUT2D eigenvalue weighted by Crippen LogP contribution is 2.29. The molecule has 162 valence electrons. The van der Waals surface area contributed by atoms with Crippen molar-refractivity contribution in [2.75, 3.05) is 5.73 Å². The molecule has 0 saturated heterocycles. The number of nitrogens with one attached hydrogen (secondary N) is 1. The summed E-state index contributed by atoms with van der Waals surface area (Å²) in [4.78, 5) is 34.6. The number of carbonyl (C=O) groups excluding carboxylic acids is 1. The van der Waals surface area contributed by atoms with E-state index in [9.17, 15) is 9.59 Å². The lowest BCUT2D eigenvalue weighted by atomic mass is 10.0. The second kappa shape index (κ2) is 8.72. The molecule has 0 spiro atoms. The van der Waals surface area contributed by atoms with Gasteiger partial charge in [0.15, 0.2) is 11.5 Å². The molecule has 32 heavy (non-hydrogen) atoms. The Labute approximate surface area is 197 Å². The summed E-state index contributed by atoms with van der Waals surface area (Å²) in [5, 5.41) is 4.44. The Bertz CT molecular complexity index is 1410. The zero-order valence-corrected chi connectivity index (χ0v) is 19.6. The van der Waals surface area contributed by atoms with Crippen LogP contribution in [-0.4, -0.2) is 20.4 Å². The average Bonchev–Trinajstić information content (AvgIpc) is 2.77. The summed E-state index contributed by atoms with van der Waals surface area (Å²) < 4.78 is 1.98. The molecule has 2 aromatic heterocycles. The van der Waals surface area contributed by atoms with Gasteiger partial charge in [0.1, 0.15) is 4.60 Å². The molecule has 4 rings (SSSR count). The molecule has 0 bridgehead atoms. The van der Waals surface area contributed by atoms with Crippen molar-refractivity contribution in [2.45, 2.75) is 19.9 Å². The zero-order chi connectivity index (χ0) is 23.0. The van der Waals surface area contributed by atoms with E-state index in [0.717, 1.165) is 10.9 Å². The van der Waals surface area contributed by atoms with E-state index in [1.165, 1.54) is 6.20 Å². The average molecular weight is 513 g/mol. The van der Waals surface area contributed by atoms with Crippen LogP contribution in [0.15, 0.2) is 64.1 Å². The number of anilines is 1. The molecule has 2 heterocycles. The molecule has 0 fully saturated rings. The van der Waals surface area contributed by atoms with Crippen molar-refractivity contribution in [2.24, 2.45) is 0 Å². The molecule has 0 unspecified atom stereocenters.